The highest BCUT2D eigenvalue weighted by Gasteiger charge is 2.44. The van der Waals surface area contributed by atoms with Crippen LogP contribution in [0.1, 0.15) is 13.3 Å². The Morgan fingerprint density at radius 1 is 1.14 bits per heavy atom. The summed E-state index contributed by atoms with van der Waals surface area (Å²) in [5.41, 5.74) is 0.517. The summed E-state index contributed by atoms with van der Waals surface area (Å²) in [7, 11) is 0. The summed E-state index contributed by atoms with van der Waals surface area (Å²) < 4.78 is 0.672. The molecule has 5 amide bonds. The van der Waals surface area contributed by atoms with Gasteiger partial charge in [0.2, 0.25) is 5.91 Å². The molecule has 1 aromatic carbocycles. The zero-order valence-corrected chi connectivity index (χ0v) is 13.4. The topological polar surface area (TPSA) is 86.8 Å². The Balaban J connectivity index is 2.05. The van der Waals surface area contributed by atoms with Crippen LogP contribution in [-0.4, -0.2) is 46.6 Å². The Morgan fingerprint density at radius 2 is 1.77 bits per heavy atom. The van der Waals surface area contributed by atoms with Crippen molar-refractivity contribution in [3.8, 4) is 0 Å². The summed E-state index contributed by atoms with van der Waals surface area (Å²) in [5.74, 6) is -2.42. The van der Waals surface area contributed by atoms with Crippen LogP contribution < -0.4 is 5.32 Å². The Morgan fingerprint density at radius 3 is 2.41 bits per heavy atom. The lowest BCUT2D eigenvalue weighted by Gasteiger charge is -2.15. The molecule has 0 unspecified atom stereocenters. The largest absolute Gasteiger partial charge is 0.334 e. The predicted molar refractivity (Wildman–Crippen MR) is 81.9 cm³/mol. The fourth-order valence-electron chi connectivity index (χ4n) is 2.01. The highest BCUT2D eigenvalue weighted by molar-refractivity contribution is 9.10. The van der Waals surface area contributed by atoms with E-state index in [4.69, 9.17) is 0 Å². The molecule has 0 aromatic heterocycles. The quantitative estimate of drug-likeness (QED) is 0.632. The second kappa shape index (κ2) is 6.69. The standard InChI is InChI=1S/C14H14BrN3O4/c1-2-7-17-12(20)13(21)18(14(17)22)8-11(19)16-10-6-4-3-5-9(10)15/h3-6H,2,7-8H2,1H3,(H,16,19). The van der Waals surface area contributed by atoms with Crippen molar-refractivity contribution in [2.45, 2.75) is 13.3 Å². The van der Waals surface area contributed by atoms with E-state index in [1.165, 1.54) is 0 Å². The highest BCUT2D eigenvalue weighted by atomic mass is 79.9. The van der Waals surface area contributed by atoms with Crippen molar-refractivity contribution in [3.05, 3.63) is 28.7 Å². The third-order valence-electron chi connectivity index (χ3n) is 3.03. The highest BCUT2D eigenvalue weighted by Crippen LogP contribution is 2.21. The number of nitrogens with zero attached hydrogens (tertiary/aromatic N) is 2. The number of nitrogens with one attached hydrogen (secondary N) is 1. The van der Waals surface area contributed by atoms with E-state index in [0.29, 0.717) is 21.5 Å². The van der Waals surface area contributed by atoms with Crippen LogP contribution in [0.15, 0.2) is 28.7 Å². The van der Waals surface area contributed by atoms with Crippen LogP contribution in [0.5, 0.6) is 0 Å². The molecule has 0 bridgehead atoms. The van der Waals surface area contributed by atoms with Crippen LogP contribution in [0.3, 0.4) is 0 Å². The average molecular weight is 368 g/mol. The molecule has 1 aliphatic heterocycles. The summed E-state index contributed by atoms with van der Waals surface area (Å²) in [6, 6.07) is 6.19. The van der Waals surface area contributed by atoms with Crippen molar-refractivity contribution in [2.75, 3.05) is 18.4 Å². The predicted octanol–water partition coefficient (Wildman–Crippen LogP) is 1.59. The first-order valence-electron chi connectivity index (χ1n) is 6.67. The van der Waals surface area contributed by atoms with Gasteiger partial charge < -0.3 is 5.32 Å². The van der Waals surface area contributed by atoms with E-state index in [1.54, 1.807) is 31.2 Å². The number of hydrogen-bond acceptors (Lipinski definition) is 4. The number of carbonyl (C=O) groups is 4. The van der Waals surface area contributed by atoms with Gasteiger partial charge in [0.15, 0.2) is 0 Å². The van der Waals surface area contributed by atoms with E-state index in [9.17, 15) is 19.2 Å². The molecule has 1 saturated heterocycles. The zero-order chi connectivity index (χ0) is 16.3. The maximum absolute atomic E-state index is 12.0. The van der Waals surface area contributed by atoms with Gasteiger partial charge in [-0.1, -0.05) is 19.1 Å². The van der Waals surface area contributed by atoms with E-state index in [0.717, 1.165) is 4.90 Å². The Bertz CT molecular complexity index is 647. The fraction of sp³-hybridized carbons (Fsp3) is 0.286. The number of para-hydroxylation sites is 1. The second-order valence-electron chi connectivity index (χ2n) is 4.66. The molecule has 0 aliphatic carbocycles. The molecule has 1 fully saturated rings. The summed E-state index contributed by atoms with van der Waals surface area (Å²) in [5, 5.41) is 2.58. The van der Waals surface area contributed by atoms with Gasteiger partial charge in [-0.25, -0.2) is 9.69 Å². The molecule has 116 valence electrons. The SMILES string of the molecule is CCCN1C(=O)C(=O)N(CC(=O)Nc2ccccc2Br)C1=O. The molecule has 2 rings (SSSR count). The number of imide groups is 2. The van der Waals surface area contributed by atoms with Crippen LogP contribution in [0, 0.1) is 0 Å². The van der Waals surface area contributed by atoms with Gasteiger partial charge >= 0.3 is 17.8 Å². The zero-order valence-electron chi connectivity index (χ0n) is 11.8. The van der Waals surface area contributed by atoms with Gasteiger partial charge in [0.1, 0.15) is 6.54 Å². The molecule has 1 aromatic rings. The number of hydrogen-bond donors (Lipinski definition) is 1. The summed E-state index contributed by atoms with van der Waals surface area (Å²) in [6.45, 7) is 1.45. The molecular formula is C14H14BrN3O4. The molecule has 1 N–H and O–H groups in total. The number of benzene rings is 1. The van der Waals surface area contributed by atoms with Crippen molar-refractivity contribution >= 4 is 45.4 Å². The monoisotopic (exact) mass is 367 g/mol. The Kier molecular flexibility index (Phi) is 4.92. The van der Waals surface area contributed by atoms with Crippen molar-refractivity contribution in [1.29, 1.82) is 0 Å². The molecular weight excluding hydrogens is 354 g/mol. The molecule has 0 atom stereocenters. The van der Waals surface area contributed by atoms with E-state index < -0.39 is 30.3 Å². The maximum Gasteiger partial charge on any atom is 0.334 e. The first-order valence-corrected chi connectivity index (χ1v) is 7.46. The van der Waals surface area contributed by atoms with Crippen LogP contribution >= 0.6 is 15.9 Å². The van der Waals surface area contributed by atoms with Crippen molar-refractivity contribution in [3.63, 3.8) is 0 Å². The third kappa shape index (κ3) is 3.16. The fourth-order valence-corrected chi connectivity index (χ4v) is 2.39. The Hall–Kier alpha value is -2.22. The van der Waals surface area contributed by atoms with Crippen LogP contribution in [0.2, 0.25) is 0 Å². The molecule has 0 spiro atoms. The lowest BCUT2D eigenvalue weighted by molar-refractivity contribution is -0.143. The van der Waals surface area contributed by atoms with E-state index in [-0.39, 0.29) is 6.54 Å². The van der Waals surface area contributed by atoms with Gasteiger partial charge in [0.05, 0.1) is 5.69 Å². The van der Waals surface area contributed by atoms with E-state index >= 15 is 0 Å². The van der Waals surface area contributed by atoms with Gasteiger partial charge in [-0.3, -0.25) is 19.3 Å². The van der Waals surface area contributed by atoms with Gasteiger partial charge in [-0.15, -0.1) is 0 Å². The summed E-state index contributed by atoms with van der Waals surface area (Å²) >= 11 is 3.28. The number of amides is 5. The van der Waals surface area contributed by atoms with Gasteiger partial charge in [-0.05, 0) is 34.5 Å². The normalized spacial score (nSPS) is 14.7. The summed E-state index contributed by atoms with van der Waals surface area (Å²) in [4.78, 5) is 48.9. The average Bonchev–Trinajstić information content (AvgIpc) is 2.68. The number of rotatable bonds is 5. The smallest absolute Gasteiger partial charge is 0.323 e. The van der Waals surface area contributed by atoms with Gasteiger partial charge in [0.25, 0.3) is 0 Å². The van der Waals surface area contributed by atoms with Crippen molar-refractivity contribution in [2.24, 2.45) is 0 Å². The van der Waals surface area contributed by atoms with Crippen LogP contribution in [-0.2, 0) is 14.4 Å². The lowest BCUT2D eigenvalue weighted by Crippen LogP contribution is -2.39. The molecule has 8 heteroatoms. The van der Waals surface area contributed by atoms with Crippen molar-refractivity contribution in [1.82, 2.24) is 9.80 Å². The lowest BCUT2D eigenvalue weighted by atomic mass is 10.3. The minimum Gasteiger partial charge on any atom is -0.323 e. The molecule has 7 nitrogen and oxygen atoms in total. The number of anilines is 1. The van der Waals surface area contributed by atoms with E-state index in [2.05, 4.69) is 21.2 Å². The van der Waals surface area contributed by atoms with Crippen LogP contribution in [0.4, 0.5) is 10.5 Å². The second-order valence-corrected chi connectivity index (χ2v) is 5.51. The Labute approximate surface area is 135 Å². The van der Waals surface area contributed by atoms with Crippen molar-refractivity contribution < 1.29 is 19.2 Å². The summed E-state index contributed by atoms with van der Waals surface area (Å²) in [6.07, 6.45) is 0.543. The van der Waals surface area contributed by atoms with Gasteiger partial charge in [-0.2, -0.15) is 0 Å². The third-order valence-corrected chi connectivity index (χ3v) is 3.72. The molecule has 1 aliphatic rings. The number of halogens is 1. The number of urea groups is 1. The molecule has 22 heavy (non-hydrogen) atoms. The minimum absolute atomic E-state index is 0.158. The minimum atomic E-state index is -0.972. The first-order chi connectivity index (χ1) is 10.5. The van der Waals surface area contributed by atoms with Gasteiger partial charge in [0, 0.05) is 11.0 Å². The van der Waals surface area contributed by atoms with Crippen LogP contribution in [0.25, 0.3) is 0 Å². The molecule has 0 saturated carbocycles. The first kappa shape index (κ1) is 16.2. The maximum atomic E-state index is 12.0. The number of carbonyl (C=O) groups excluding carboxylic acids is 4. The van der Waals surface area contributed by atoms with E-state index in [1.807, 2.05) is 0 Å². The molecule has 0 radical (unpaired) electrons. The molecule has 1 heterocycles.